The lowest BCUT2D eigenvalue weighted by atomic mass is 10.2. The number of fused-ring (bicyclic) bond motifs is 1. The minimum Gasteiger partial charge on any atom is -0.453 e. The monoisotopic (exact) mass is 288 g/mol. The van der Waals surface area contributed by atoms with Gasteiger partial charge in [0.25, 0.3) is 5.56 Å². The summed E-state index contributed by atoms with van der Waals surface area (Å²) in [7, 11) is 0. The fraction of sp³-hybridized carbons (Fsp3) is 0.0714. The predicted octanol–water partition coefficient (Wildman–Crippen LogP) is 1.30. The summed E-state index contributed by atoms with van der Waals surface area (Å²) in [5.41, 5.74) is -1.43. The normalized spacial score (nSPS) is 10.9. The molecule has 3 rings (SSSR count). The molecule has 1 aromatic carbocycles. The second-order valence-electron chi connectivity index (χ2n) is 4.44. The maximum Gasteiger partial charge on any atom is 0.328 e. The van der Waals surface area contributed by atoms with Crippen molar-refractivity contribution in [1.82, 2.24) is 9.55 Å². The second kappa shape index (κ2) is 4.86. The summed E-state index contributed by atoms with van der Waals surface area (Å²) in [5, 5.41) is 0.751. The summed E-state index contributed by atoms with van der Waals surface area (Å²) in [6.45, 7) is -0.424. The van der Waals surface area contributed by atoms with Gasteiger partial charge >= 0.3 is 5.69 Å². The highest BCUT2D eigenvalue weighted by molar-refractivity contribution is 5.97. The zero-order chi connectivity index (χ0) is 15.0. The van der Waals surface area contributed by atoms with Crippen molar-refractivity contribution in [2.24, 2.45) is 0 Å². The molecule has 0 aliphatic rings. The van der Waals surface area contributed by atoms with E-state index in [1.54, 1.807) is 35.3 Å². The van der Waals surface area contributed by atoms with E-state index in [0.29, 0.717) is 11.8 Å². The fourth-order valence-corrected chi connectivity index (χ4v) is 1.95. The maximum atomic E-state index is 13.1. The first-order valence-corrected chi connectivity index (χ1v) is 6.05. The molecular weight excluding hydrogens is 279 g/mol. The number of benzene rings is 1. The minimum absolute atomic E-state index is 0.0645. The van der Waals surface area contributed by atoms with Gasteiger partial charge in [0.2, 0.25) is 11.6 Å². The number of hydrogen-bond acceptors (Lipinski definition) is 4. The molecule has 0 saturated carbocycles. The Kier molecular flexibility index (Phi) is 3.02. The average Bonchev–Trinajstić information content (AvgIpc) is 2.88. The van der Waals surface area contributed by atoms with Crippen molar-refractivity contribution >= 4 is 16.8 Å². The molecule has 7 heteroatoms. The van der Waals surface area contributed by atoms with E-state index in [1.807, 2.05) is 0 Å². The van der Waals surface area contributed by atoms with Crippen LogP contribution in [0.15, 0.2) is 50.5 Å². The molecule has 0 saturated heterocycles. The Hall–Kier alpha value is -2.96. The van der Waals surface area contributed by atoms with E-state index < -0.39 is 29.4 Å². The van der Waals surface area contributed by atoms with E-state index in [9.17, 15) is 18.8 Å². The van der Waals surface area contributed by atoms with Gasteiger partial charge < -0.3 is 4.42 Å². The molecule has 0 amide bonds. The zero-order valence-corrected chi connectivity index (χ0v) is 10.6. The molecule has 3 aromatic rings. The standard InChI is InChI=1S/C14H9FN2O4/c15-9-6-17(14(20)16-13(9)19)7-10(18)12-5-8-3-1-2-4-11(8)21-12/h1-6H,7H2,(H,16,19,20). The van der Waals surface area contributed by atoms with E-state index in [4.69, 9.17) is 4.42 Å². The topological polar surface area (TPSA) is 85.1 Å². The molecule has 0 fully saturated rings. The minimum atomic E-state index is -1.13. The van der Waals surface area contributed by atoms with E-state index in [0.717, 1.165) is 9.95 Å². The third kappa shape index (κ3) is 2.40. The van der Waals surface area contributed by atoms with Gasteiger partial charge in [-0.2, -0.15) is 4.39 Å². The maximum absolute atomic E-state index is 13.1. The lowest BCUT2D eigenvalue weighted by Gasteiger charge is -2.02. The highest BCUT2D eigenvalue weighted by Gasteiger charge is 2.14. The van der Waals surface area contributed by atoms with Crippen molar-refractivity contribution in [2.75, 3.05) is 0 Å². The molecule has 0 radical (unpaired) electrons. The molecular formula is C14H9FN2O4. The third-order valence-electron chi connectivity index (χ3n) is 2.98. The van der Waals surface area contributed by atoms with Crippen LogP contribution in [0.5, 0.6) is 0 Å². The Bertz CT molecular complexity index is 918. The first-order chi connectivity index (χ1) is 10.0. The molecule has 6 nitrogen and oxygen atoms in total. The lowest BCUT2D eigenvalue weighted by Crippen LogP contribution is -2.33. The van der Waals surface area contributed by atoms with Crippen LogP contribution < -0.4 is 11.2 Å². The van der Waals surface area contributed by atoms with Gasteiger partial charge in [0.05, 0.1) is 12.7 Å². The first-order valence-electron chi connectivity index (χ1n) is 6.05. The number of carbonyl (C=O) groups excluding carboxylic acids is 1. The number of aromatic nitrogens is 2. The van der Waals surface area contributed by atoms with Crippen LogP contribution in [0.2, 0.25) is 0 Å². The van der Waals surface area contributed by atoms with Crippen LogP contribution in [-0.4, -0.2) is 15.3 Å². The number of H-pyrrole nitrogens is 1. The van der Waals surface area contributed by atoms with Crippen molar-refractivity contribution in [3.05, 3.63) is 68.9 Å². The van der Waals surface area contributed by atoms with Crippen LogP contribution >= 0.6 is 0 Å². The molecule has 0 atom stereocenters. The lowest BCUT2D eigenvalue weighted by molar-refractivity contribution is 0.0945. The number of nitrogens with one attached hydrogen (secondary N) is 1. The largest absolute Gasteiger partial charge is 0.453 e. The molecule has 0 spiro atoms. The van der Waals surface area contributed by atoms with Gasteiger partial charge in [-0.25, -0.2) is 4.79 Å². The van der Waals surface area contributed by atoms with Crippen LogP contribution in [0, 0.1) is 5.82 Å². The molecule has 0 aliphatic carbocycles. The van der Waals surface area contributed by atoms with Crippen LogP contribution in [-0.2, 0) is 6.54 Å². The van der Waals surface area contributed by atoms with Crippen molar-refractivity contribution in [1.29, 1.82) is 0 Å². The van der Waals surface area contributed by atoms with E-state index >= 15 is 0 Å². The summed E-state index contributed by atoms with van der Waals surface area (Å²) in [6.07, 6.45) is 0.696. The smallest absolute Gasteiger partial charge is 0.328 e. The number of nitrogens with zero attached hydrogens (tertiary/aromatic N) is 1. The van der Waals surface area contributed by atoms with Crippen LogP contribution in [0.3, 0.4) is 0 Å². The highest BCUT2D eigenvalue weighted by atomic mass is 19.1. The van der Waals surface area contributed by atoms with Crippen LogP contribution in [0.4, 0.5) is 4.39 Å². The highest BCUT2D eigenvalue weighted by Crippen LogP contribution is 2.19. The SMILES string of the molecule is O=C(Cn1cc(F)c(=O)[nH]c1=O)c1cc2ccccc2o1. The van der Waals surface area contributed by atoms with Gasteiger partial charge in [0.15, 0.2) is 5.76 Å². The summed E-state index contributed by atoms with van der Waals surface area (Å²) in [5.74, 6) is -1.57. The number of para-hydroxylation sites is 1. The second-order valence-corrected chi connectivity index (χ2v) is 4.44. The van der Waals surface area contributed by atoms with Crippen molar-refractivity contribution in [3.8, 4) is 0 Å². The molecule has 0 aliphatic heterocycles. The average molecular weight is 288 g/mol. The Morgan fingerprint density at radius 1 is 1.29 bits per heavy atom. The third-order valence-corrected chi connectivity index (χ3v) is 2.98. The van der Waals surface area contributed by atoms with Gasteiger partial charge in [0, 0.05) is 5.39 Å². The summed E-state index contributed by atoms with van der Waals surface area (Å²) in [4.78, 5) is 36.3. The number of rotatable bonds is 3. The Morgan fingerprint density at radius 2 is 2.05 bits per heavy atom. The number of aromatic amines is 1. The van der Waals surface area contributed by atoms with E-state index in [1.165, 1.54) is 0 Å². The fourth-order valence-electron chi connectivity index (χ4n) is 1.95. The molecule has 2 aromatic heterocycles. The van der Waals surface area contributed by atoms with Gasteiger partial charge in [0.1, 0.15) is 5.58 Å². The predicted molar refractivity (Wildman–Crippen MR) is 71.8 cm³/mol. The summed E-state index contributed by atoms with van der Waals surface area (Å²) < 4.78 is 19.3. The quantitative estimate of drug-likeness (QED) is 0.736. The molecule has 0 bridgehead atoms. The Labute approximate surface area is 116 Å². The van der Waals surface area contributed by atoms with Gasteiger partial charge in [-0.3, -0.25) is 19.1 Å². The van der Waals surface area contributed by atoms with Gasteiger partial charge in [-0.05, 0) is 12.1 Å². The first kappa shape index (κ1) is 13.0. The van der Waals surface area contributed by atoms with Crippen LogP contribution in [0.1, 0.15) is 10.6 Å². The number of halogens is 1. The van der Waals surface area contributed by atoms with Gasteiger partial charge in [-0.15, -0.1) is 0 Å². The van der Waals surface area contributed by atoms with Crippen molar-refractivity contribution in [2.45, 2.75) is 6.54 Å². The number of carbonyl (C=O) groups is 1. The Morgan fingerprint density at radius 3 is 2.81 bits per heavy atom. The zero-order valence-electron chi connectivity index (χ0n) is 10.6. The molecule has 106 valence electrons. The molecule has 1 N–H and O–H groups in total. The number of ketones is 1. The van der Waals surface area contributed by atoms with E-state index in [-0.39, 0.29) is 5.76 Å². The molecule has 0 unspecified atom stereocenters. The van der Waals surface area contributed by atoms with Gasteiger partial charge in [-0.1, -0.05) is 18.2 Å². The number of hydrogen-bond donors (Lipinski definition) is 1. The van der Waals surface area contributed by atoms with Crippen molar-refractivity contribution in [3.63, 3.8) is 0 Å². The summed E-state index contributed by atoms with van der Waals surface area (Å²) >= 11 is 0. The van der Waals surface area contributed by atoms with E-state index in [2.05, 4.69) is 0 Å². The van der Waals surface area contributed by atoms with Crippen LogP contribution in [0.25, 0.3) is 11.0 Å². The number of furan rings is 1. The molecule has 2 heterocycles. The summed E-state index contributed by atoms with van der Waals surface area (Å²) in [6, 6.07) is 8.60. The number of Topliss-reactive ketones (excluding diaryl/α,β-unsaturated/α-hetero) is 1. The molecule has 21 heavy (non-hydrogen) atoms. The Balaban J connectivity index is 1.94. The van der Waals surface area contributed by atoms with Crippen molar-refractivity contribution < 1.29 is 13.6 Å².